The predicted octanol–water partition coefficient (Wildman–Crippen LogP) is 6.16. The number of ether oxygens (including phenoxy) is 1. The maximum absolute atomic E-state index is 13.8. The SMILES string of the molecule is Cc1ccc(Oc2ccc(C3(C(F)(F)C(F)(F)F)CC3)cc2)c(F)c1. The fraction of sp³-hybridized carbons (Fsp3) is 0.333. The van der Waals surface area contributed by atoms with Gasteiger partial charge in [0.05, 0.1) is 5.41 Å². The topological polar surface area (TPSA) is 9.23 Å². The van der Waals surface area contributed by atoms with Crippen molar-refractivity contribution in [2.75, 3.05) is 0 Å². The number of aryl methyl sites for hydroxylation is 1. The van der Waals surface area contributed by atoms with Gasteiger partial charge in [0.2, 0.25) is 0 Å². The van der Waals surface area contributed by atoms with Gasteiger partial charge in [-0.15, -0.1) is 0 Å². The number of benzene rings is 2. The van der Waals surface area contributed by atoms with Crippen molar-refractivity contribution in [1.82, 2.24) is 0 Å². The normalized spacial score (nSPS) is 16.6. The summed E-state index contributed by atoms with van der Waals surface area (Å²) in [6.07, 6.45) is -6.09. The van der Waals surface area contributed by atoms with Gasteiger partial charge < -0.3 is 4.74 Å². The van der Waals surface area contributed by atoms with Crippen LogP contribution in [0, 0.1) is 12.7 Å². The minimum atomic E-state index is -5.61. The summed E-state index contributed by atoms with van der Waals surface area (Å²) >= 11 is 0. The van der Waals surface area contributed by atoms with Gasteiger partial charge in [-0.25, -0.2) is 4.39 Å². The quantitative estimate of drug-likeness (QED) is 0.594. The number of rotatable bonds is 4. The van der Waals surface area contributed by atoms with E-state index in [1.54, 1.807) is 13.0 Å². The van der Waals surface area contributed by atoms with Crippen LogP contribution >= 0.6 is 0 Å². The largest absolute Gasteiger partial charge is 0.454 e. The molecule has 0 aliphatic heterocycles. The molecule has 7 heteroatoms. The molecule has 2 aromatic rings. The molecule has 1 nitrogen and oxygen atoms in total. The van der Waals surface area contributed by atoms with Crippen LogP contribution < -0.4 is 4.74 Å². The zero-order valence-electron chi connectivity index (χ0n) is 13.1. The number of alkyl halides is 5. The molecule has 3 rings (SSSR count). The van der Waals surface area contributed by atoms with Crippen LogP contribution in [-0.2, 0) is 5.41 Å². The highest BCUT2D eigenvalue weighted by atomic mass is 19.4. The van der Waals surface area contributed by atoms with Crippen molar-refractivity contribution < 1.29 is 31.1 Å². The van der Waals surface area contributed by atoms with E-state index in [2.05, 4.69) is 0 Å². The first-order valence-electron chi connectivity index (χ1n) is 7.56. The Balaban J connectivity index is 1.83. The Morgan fingerprint density at radius 3 is 2.00 bits per heavy atom. The summed E-state index contributed by atoms with van der Waals surface area (Å²) in [6, 6.07) is 9.20. The molecule has 134 valence electrons. The maximum Gasteiger partial charge on any atom is 0.454 e. The monoisotopic (exact) mass is 360 g/mol. The Hall–Kier alpha value is -2.18. The molecule has 0 unspecified atom stereocenters. The fourth-order valence-electron chi connectivity index (χ4n) is 2.84. The molecule has 1 saturated carbocycles. The second kappa shape index (κ2) is 5.68. The molecule has 25 heavy (non-hydrogen) atoms. The van der Waals surface area contributed by atoms with Crippen LogP contribution in [0.4, 0.5) is 26.3 Å². The van der Waals surface area contributed by atoms with Gasteiger partial charge in [-0.3, -0.25) is 0 Å². The first-order chi connectivity index (χ1) is 11.6. The third-order valence-corrected chi connectivity index (χ3v) is 4.43. The van der Waals surface area contributed by atoms with E-state index in [1.807, 2.05) is 0 Å². The van der Waals surface area contributed by atoms with Crippen LogP contribution in [0.3, 0.4) is 0 Å². The Bertz CT molecular complexity index is 775. The molecular weight excluding hydrogens is 346 g/mol. The summed E-state index contributed by atoms with van der Waals surface area (Å²) in [5, 5.41) is 0. The van der Waals surface area contributed by atoms with E-state index in [-0.39, 0.29) is 29.9 Å². The third kappa shape index (κ3) is 2.96. The van der Waals surface area contributed by atoms with Gasteiger partial charge in [0, 0.05) is 0 Å². The van der Waals surface area contributed by atoms with Crippen molar-refractivity contribution in [2.24, 2.45) is 0 Å². The lowest BCUT2D eigenvalue weighted by molar-refractivity contribution is -0.296. The molecular formula is C18H14F6O. The molecule has 0 radical (unpaired) electrons. The van der Waals surface area contributed by atoms with E-state index < -0.39 is 23.3 Å². The van der Waals surface area contributed by atoms with Crippen molar-refractivity contribution >= 4 is 0 Å². The highest BCUT2D eigenvalue weighted by molar-refractivity contribution is 5.41. The first-order valence-corrected chi connectivity index (χ1v) is 7.56. The molecule has 0 bridgehead atoms. The van der Waals surface area contributed by atoms with Crippen LogP contribution in [0.25, 0.3) is 0 Å². The van der Waals surface area contributed by atoms with Crippen molar-refractivity contribution in [1.29, 1.82) is 0 Å². The number of hydrogen-bond donors (Lipinski definition) is 0. The molecule has 2 aromatic carbocycles. The van der Waals surface area contributed by atoms with Crippen LogP contribution in [0.15, 0.2) is 42.5 Å². The summed E-state index contributed by atoms with van der Waals surface area (Å²) in [5.74, 6) is -5.30. The summed E-state index contributed by atoms with van der Waals surface area (Å²) in [6.45, 7) is 1.71. The third-order valence-electron chi connectivity index (χ3n) is 4.43. The molecule has 1 aliphatic carbocycles. The van der Waals surface area contributed by atoms with Crippen LogP contribution in [0.1, 0.15) is 24.0 Å². The van der Waals surface area contributed by atoms with Gasteiger partial charge in [0.25, 0.3) is 0 Å². The molecule has 0 saturated heterocycles. The smallest absolute Gasteiger partial charge is 0.454 e. The van der Waals surface area contributed by atoms with Gasteiger partial charge in [0.15, 0.2) is 11.6 Å². The lowest BCUT2D eigenvalue weighted by atomic mass is 9.88. The summed E-state index contributed by atoms with van der Waals surface area (Å²) in [5.41, 5.74) is -1.63. The molecule has 0 N–H and O–H groups in total. The van der Waals surface area contributed by atoms with Gasteiger partial charge in [-0.1, -0.05) is 18.2 Å². The Kier molecular flexibility index (Phi) is 4.00. The summed E-state index contributed by atoms with van der Waals surface area (Å²) in [4.78, 5) is 0. The van der Waals surface area contributed by atoms with Crippen molar-refractivity contribution in [3.63, 3.8) is 0 Å². The van der Waals surface area contributed by atoms with Gasteiger partial charge in [-0.2, -0.15) is 22.0 Å². The standard InChI is InChI=1S/C18H14F6O/c1-11-2-7-15(14(19)10-11)25-13-5-3-12(4-6-13)16(8-9-16)17(20,21)18(22,23)24/h2-7,10H,8-9H2,1H3. The predicted molar refractivity (Wildman–Crippen MR) is 79.6 cm³/mol. The number of hydrogen-bond acceptors (Lipinski definition) is 1. The highest BCUT2D eigenvalue weighted by Gasteiger charge is 2.75. The van der Waals surface area contributed by atoms with Gasteiger partial charge in [-0.05, 0) is 55.2 Å². The van der Waals surface area contributed by atoms with Crippen molar-refractivity contribution in [2.45, 2.75) is 37.3 Å². The van der Waals surface area contributed by atoms with E-state index >= 15 is 0 Å². The van der Waals surface area contributed by atoms with Gasteiger partial charge in [0.1, 0.15) is 5.75 Å². The van der Waals surface area contributed by atoms with E-state index in [1.165, 1.54) is 36.4 Å². The first kappa shape index (κ1) is 17.6. The highest BCUT2D eigenvalue weighted by Crippen LogP contribution is 2.63. The van der Waals surface area contributed by atoms with Crippen LogP contribution in [-0.4, -0.2) is 12.1 Å². The molecule has 0 atom stereocenters. The van der Waals surface area contributed by atoms with Crippen LogP contribution in [0.5, 0.6) is 11.5 Å². The molecule has 1 fully saturated rings. The average molecular weight is 360 g/mol. The maximum atomic E-state index is 13.8. The van der Waals surface area contributed by atoms with Gasteiger partial charge >= 0.3 is 12.1 Å². The zero-order chi connectivity index (χ0) is 18.5. The lowest BCUT2D eigenvalue weighted by Gasteiger charge is -2.29. The average Bonchev–Trinajstić information content (AvgIpc) is 3.32. The summed E-state index contributed by atoms with van der Waals surface area (Å²) < 4.78 is 84.7. The Morgan fingerprint density at radius 2 is 1.52 bits per heavy atom. The molecule has 0 amide bonds. The summed E-state index contributed by atoms with van der Waals surface area (Å²) in [7, 11) is 0. The molecule has 1 aliphatic rings. The molecule has 0 heterocycles. The zero-order valence-corrected chi connectivity index (χ0v) is 13.1. The van der Waals surface area contributed by atoms with E-state index in [0.29, 0.717) is 5.56 Å². The Labute approximate surface area is 140 Å². The van der Waals surface area contributed by atoms with E-state index in [0.717, 1.165) is 0 Å². The lowest BCUT2D eigenvalue weighted by Crippen LogP contribution is -2.47. The van der Waals surface area contributed by atoms with Crippen molar-refractivity contribution in [3.8, 4) is 11.5 Å². The Morgan fingerprint density at radius 1 is 0.920 bits per heavy atom. The second-order valence-corrected chi connectivity index (χ2v) is 6.21. The van der Waals surface area contributed by atoms with Crippen molar-refractivity contribution in [3.05, 3.63) is 59.4 Å². The van der Waals surface area contributed by atoms with Crippen LogP contribution in [0.2, 0.25) is 0 Å². The molecule has 0 spiro atoms. The number of halogens is 6. The van der Waals surface area contributed by atoms with E-state index in [9.17, 15) is 26.3 Å². The molecule has 0 aromatic heterocycles. The van der Waals surface area contributed by atoms with E-state index in [4.69, 9.17) is 4.74 Å². The fourth-order valence-corrected chi connectivity index (χ4v) is 2.84. The minimum Gasteiger partial charge on any atom is -0.454 e. The minimum absolute atomic E-state index is 0.0555. The second-order valence-electron chi connectivity index (χ2n) is 6.21.